The van der Waals surface area contributed by atoms with E-state index in [0.717, 1.165) is 17.1 Å². The van der Waals surface area contributed by atoms with Gasteiger partial charge in [0.05, 0.1) is 5.41 Å². The average molecular weight is 794 g/mol. The summed E-state index contributed by atoms with van der Waals surface area (Å²) in [6, 6.07) is 79.7. The molecular weight excluding hydrogens is 747 g/mol. The monoisotopic (exact) mass is 793 g/mol. The molecular formula is C61H47N. The van der Waals surface area contributed by atoms with Crippen LogP contribution in [-0.4, -0.2) is 0 Å². The van der Waals surface area contributed by atoms with E-state index in [2.05, 4.69) is 245 Å². The lowest BCUT2D eigenvalue weighted by Gasteiger charge is -2.36. The van der Waals surface area contributed by atoms with Gasteiger partial charge in [0, 0.05) is 27.9 Å². The summed E-state index contributed by atoms with van der Waals surface area (Å²) < 4.78 is 0. The first-order valence-electron chi connectivity index (χ1n) is 22.0. The molecule has 3 aliphatic rings. The number of para-hydroxylation sites is 1. The quantitative estimate of drug-likeness (QED) is 0.162. The van der Waals surface area contributed by atoms with Crippen molar-refractivity contribution in [2.24, 2.45) is 0 Å². The van der Waals surface area contributed by atoms with Crippen LogP contribution < -0.4 is 4.90 Å². The van der Waals surface area contributed by atoms with Crippen molar-refractivity contribution in [1.82, 2.24) is 0 Å². The first kappa shape index (κ1) is 36.6. The Bertz CT molecular complexity index is 3170. The molecule has 9 aromatic carbocycles. The Hall–Kier alpha value is -7.22. The summed E-state index contributed by atoms with van der Waals surface area (Å²) in [7, 11) is 0. The summed E-state index contributed by atoms with van der Waals surface area (Å²) in [6.45, 7) is 9.58. The van der Waals surface area contributed by atoms with Gasteiger partial charge in [0.2, 0.25) is 0 Å². The maximum absolute atomic E-state index is 2.60. The minimum atomic E-state index is -0.615. The summed E-state index contributed by atoms with van der Waals surface area (Å²) in [5.74, 6) is 0. The van der Waals surface area contributed by atoms with Crippen LogP contribution in [0.4, 0.5) is 17.1 Å². The van der Waals surface area contributed by atoms with E-state index in [1.54, 1.807) is 0 Å². The molecule has 1 heteroatoms. The van der Waals surface area contributed by atoms with Crippen molar-refractivity contribution in [3.8, 4) is 44.5 Å². The van der Waals surface area contributed by atoms with Crippen LogP contribution in [0.2, 0.25) is 0 Å². The number of benzene rings is 9. The minimum absolute atomic E-state index is 0.125. The maximum Gasteiger partial charge on any atom is 0.0714 e. The van der Waals surface area contributed by atoms with Gasteiger partial charge in [-0.25, -0.2) is 0 Å². The summed E-state index contributed by atoms with van der Waals surface area (Å²) in [4.78, 5) is 2.47. The Balaban J connectivity index is 1.19. The number of fused-ring (bicyclic) bond motifs is 9. The number of nitrogens with zero attached hydrogens (tertiary/aromatic N) is 1. The number of rotatable bonds is 6. The fourth-order valence-corrected chi connectivity index (χ4v) is 11.7. The SMILES string of the molecule is CC1(C)c2ccccc2-c2ccc(N(c3ccccc3)c3ccc4c(c3)C(c3ccccc3)(c3ccccc3)c3cc5c(c(-c6ccccc6)c3-4)-c3ccccc3C5(C)C)cc21. The molecule has 0 spiro atoms. The van der Waals surface area contributed by atoms with E-state index in [0.29, 0.717) is 0 Å². The Kier molecular flexibility index (Phi) is 7.91. The molecule has 296 valence electrons. The van der Waals surface area contributed by atoms with Crippen LogP contribution in [0.15, 0.2) is 212 Å². The number of hydrogen-bond donors (Lipinski definition) is 0. The minimum Gasteiger partial charge on any atom is -0.310 e. The van der Waals surface area contributed by atoms with E-state index in [4.69, 9.17) is 0 Å². The summed E-state index contributed by atoms with van der Waals surface area (Å²) in [5.41, 5.74) is 23.7. The lowest BCUT2D eigenvalue weighted by Crippen LogP contribution is -2.29. The van der Waals surface area contributed by atoms with Gasteiger partial charge in [-0.1, -0.05) is 204 Å². The Morgan fingerprint density at radius 2 is 0.726 bits per heavy atom. The van der Waals surface area contributed by atoms with E-state index >= 15 is 0 Å². The van der Waals surface area contributed by atoms with Gasteiger partial charge in [-0.2, -0.15) is 0 Å². The lowest BCUT2D eigenvalue weighted by atomic mass is 9.66. The van der Waals surface area contributed by atoms with E-state index in [1.165, 1.54) is 89.0 Å². The average Bonchev–Trinajstić information content (AvgIpc) is 3.84. The van der Waals surface area contributed by atoms with Gasteiger partial charge in [0.25, 0.3) is 0 Å². The Morgan fingerprint density at radius 3 is 1.35 bits per heavy atom. The Morgan fingerprint density at radius 1 is 0.290 bits per heavy atom. The largest absolute Gasteiger partial charge is 0.310 e. The van der Waals surface area contributed by atoms with Gasteiger partial charge in [-0.3, -0.25) is 0 Å². The smallest absolute Gasteiger partial charge is 0.0714 e. The predicted octanol–water partition coefficient (Wildman–Crippen LogP) is 15.8. The molecule has 0 amide bonds. The molecule has 0 unspecified atom stereocenters. The van der Waals surface area contributed by atoms with Crippen molar-refractivity contribution in [1.29, 1.82) is 0 Å². The zero-order valence-corrected chi connectivity index (χ0v) is 35.7. The molecule has 0 atom stereocenters. The second-order valence-corrected chi connectivity index (χ2v) is 18.4. The molecule has 0 saturated heterocycles. The summed E-state index contributed by atoms with van der Waals surface area (Å²) in [6.07, 6.45) is 0. The van der Waals surface area contributed by atoms with Crippen molar-refractivity contribution in [2.45, 2.75) is 43.9 Å². The molecule has 0 aromatic heterocycles. The summed E-state index contributed by atoms with van der Waals surface area (Å²) in [5, 5.41) is 0. The number of anilines is 3. The lowest BCUT2D eigenvalue weighted by molar-refractivity contribution is 0.656. The highest BCUT2D eigenvalue weighted by Crippen LogP contribution is 2.64. The van der Waals surface area contributed by atoms with Crippen LogP contribution >= 0.6 is 0 Å². The fraction of sp³-hybridized carbons (Fsp3) is 0.115. The highest BCUT2D eigenvalue weighted by Gasteiger charge is 2.50. The second kappa shape index (κ2) is 13.4. The normalized spacial score (nSPS) is 15.2. The van der Waals surface area contributed by atoms with Crippen LogP contribution in [0.5, 0.6) is 0 Å². The molecule has 1 nitrogen and oxygen atoms in total. The second-order valence-electron chi connectivity index (χ2n) is 18.4. The third-order valence-electron chi connectivity index (χ3n) is 14.5. The van der Waals surface area contributed by atoms with Gasteiger partial charge in [0.1, 0.15) is 0 Å². The van der Waals surface area contributed by atoms with Gasteiger partial charge < -0.3 is 4.90 Å². The molecule has 9 aromatic rings. The first-order valence-corrected chi connectivity index (χ1v) is 22.0. The van der Waals surface area contributed by atoms with E-state index in [-0.39, 0.29) is 10.8 Å². The molecule has 0 bridgehead atoms. The van der Waals surface area contributed by atoms with Crippen LogP contribution in [0.1, 0.15) is 72.2 Å². The van der Waals surface area contributed by atoms with Crippen molar-refractivity contribution in [3.63, 3.8) is 0 Å². The van der Waals surface area contributed by atoms with Gasteiger partial charge >= 0.3 is 0 Å². The Labute approximate surface area is 365 Å². The standard InChI is InChI=1S/C61H47N/c1-59(2)50-31-19-17-29-46(50)47-35-33-44(37-52(47)59)62(43-27-15-8-16-28-43)45-34-36-49-53(38-45)61(41-23-11-6-12-24-41,42-25-13-7-14-26-42)55-39-54-57(48-30-18-20-32-51(48)60(54,3)4)56(58(49)55)40-21-9-5-10-22-40/h5-39H,1-4H3. The third kappa shape index (κ3) is 4.97. The van der Waals surface area contributed by atoms with Gasteiger partial charge in [-0.15, -0.1) is 0 Å². The van der Waals surface area contributed by atoms with Crippen molar-refractivity contribution in [2.75, 3.05) is 4.90 Å². The molecule has 0 aliphatic heterocycles. The molecule has 0 radical (unpaired) electrons. The third-order valence-corrected chi connectivity index (χ3v) is 14.5. The van der Waals surface area contributed by atoms with Crippen molar-refractivity contribution < 1.29 is 0 Å². The van der Waals surface area contributed by atoms with Gasteiger partial charge in [-0.05, 0) is 125 Å². The fourth-order valence-electron chi connectivity index (χ4n) is 11.7. The topological polar surface area (TPSA) is 3.24 Å². The maximum atomic E-state index is 2.60. The van der Waals surface area contributed by atoms with Crippen LogP contribution in [0, 0.1) is 0 Å². The molecule has 0 N–H and O–H groups in total. The highest BCUT2D eigenvalue weighted by atomic mass is 15.1. The number of hydrogen-bond acceptors (Lipinski definition) is 1. The van der Waals surface area contributed by atoms with Crippen LogP contribution in [0.3, 0.4) is 0 Å². The predicted molar refractivity (Wildman–Crippen MR) is 259 cm³/mol. The van der Waals surface area contributed by atoms with E-state index in [9.17, 15) is 0 Å². The van der Waals surface area contributed by atoms with E-state index in [1.807, 2.05) is 0 Å². The zero-order chi connectivity index (χ0) is 41.8. The zero-order valence-electron chi connectivity index (χ0n) is 35.7. The van der Waals surface area contributed by atoms with Gasteiger partial charge in [0.15, 0.2) is 0 Å². The van der Waals surface area contributed by atoms with Crippen molar-refractivity contribution in [3.05, 3.63) is 257 Å². The van der Waals surface area contributed by atoms with Crippen LogP contribution in [-0.2, 0) is 16.2 Å². The molecule has 0 saturated carbocycles. The summed E-state index contributed by atoms with van der Waals surface area (Å²) >= 11 is 0. The first-order chi connectivity index (χ1) is 30.3. The molecule has 62 heavy (non-hydrogen) atoms. The molecule has 3 aliphatic carbocycles. The molecule has 0 heterocycles. The molecule has 0 fully saturated rings. The van der Waals surface area contributed by atoms with Crippen molar-refractivity contribution >= 4 is 17.1 Å². The molecule has 12 rings (SSSR count). The highest BCUT2D eigenvalue weighted by molar-refractivity contribution is 6.06. The van der Waals surface area contributed by atoms with E-state index < -0.39 is 5.41 Å². The van der Waals surface area contributed by atoms with Crippen LogP contribution in [0.25, 0.3) is 44.5 Å².